The van der Waals surface area contributed by atoms with Gasteiger partial charge in [0, 0.05) is 24.5 Å². The molecule has 2 aromatic carbocycles. The van der Waals surface area contributed by atoms with Crippen molar-refractivity contribution in [2.45, 2.75) is 6.04 Å². The smallest absolute Gasteiger partial charge is 0.255 e. The van der Waals surface area contributed by atoms with Gasteiger partial charge in [0.05, 0.1) is 12.7 Å². The zero-order valence-corrected chi connectivity index (χ0v) is 15.0. The van der Waals surface area contributed by atoms with Gasteiger partial charge in [-0.05, 0) is 35.9 Å². The monoisotopic (exact) mass is 373 g/mol. The lowest BCUT2D eigenvalue weighted by atomic mass is 10.0. The first-order valence-corrected chi connectivity index (χ1v) is 8.24. The number of hydrogen-bond acceptors (Lipinski definition) is 3. The van der Waals surface area contributed by atoms with Crippen LogP contribution in [0.2, 0.25) is 5.02 Å². The summed E-state index contributed by atoms with van der Waals surface area (Å²) in [6, 6.07) is 10.2. The largest absolute Gasteiger partial charge is 0.496 e. The number of amides is 1. The number of carbonyl (C=O) groups excluding carboxylic acids is 1. The second-order valence-corrected chi connectivity index (χ2v) is 6.14. The summed E-state index contributed by atoms with van der Waals surface area (Å²) < 4.78 is 20.3. The zero-order chi connectivity index (χ0) is 18.7. The van der Waals surface area contributed by atoms with Gasteiger partial charge in [-0.1, -0.05) is 23.7 Å². The number of imidazole rings is 1. The fraction of sp³-hybridized carbons (Fsp3) is 0.158. The van der Waals surface area contributed by atoms with Crippen LogP contribution in [0.25, 0.3) is 0 Å². The van der Waals surface area contributed by atoms with Crippen molar-refractivity contribution in [3.8, 4) is 5.75 Å². The highest BCUT2D eigenvalue weighted by molar-refractivity contribution is 6.31. The molecule has 1 unspecified atom stereocenters. The van der Waals surface area contributed by atoms with Crippen LogP contribution in [-0.4, -0.2) is 22.6 Å². The maximum absolute atomic E-state index is 13.3. The van der Waals surface area contributed by atoms with Crippen LogP contribution < -0.4 is 10.1 Å². The molecule has 26 heavy (non-hydrogen) atoms. The van der Waals surface area contributed by atoms with Crippen LogP contribution in [0.1, 0.15) is 27.8 Å². The summed E-state index contributed by atoms with van der Waals surface area (Å²) in [7, 11) is 3.31. The Labute approximate surface area is 155 Å². The molecular formula is C19H17ClFN3O2. The fourth-order valence-corrected chi connectivity index (χ4v) is 2.85. The summed E-state index contributed by atoms with van der Waals surface area (Å²) in [6.07, 6.45) is 3.41. The Morgan fingerprint density at radius 3 is 2.62 bits per heavy atom. The van der Waals surface area contributed by atoms with Crippen LogP contribution in [0.3, 0.4) is 0 Å². The van der Waals surface area contributed by atoms with Gasteiger partial charge in [0.1, 0.15) is 23.4 Å². The number of rotatable bonds is 5. The van der Waals surface area contributed by atoms with Crippen molar-refractivity contribution < 1.29 is 13.9 Å². The van der Waals surface area contributed by atoms with E-state index in [-0.39, 0.29) is 11.7 Å². The molecule has 0 aliphatic carbocycles. The third kappa shape index (κ3) is 3.70. The van der Waals surface area contributed by atoms with Gasteiger partial charge in [0.15, 0.2) is 0 Å². The van der Waals surface area contributed by atoms with E-state index >= 15 is 0 Å². The molecule has 0 fully saturated rings. The van der Waals surface area contributed by atoms with Gasteiger partial charge >= 0.3 is 0 Å². The summed E-state index contributed by atoms with van der Waals surface area (Å²) in [5, 5.41) is 3.35. The molecule has 0 saturated carbocycles. The lowest BCUT2D eigenvalue weighted by molar-refractivity contribution is 0.0938. The van der Waals surface area contributed by atoms with Crippen molar-refractivity contribution in [3.05, 3.63) is 82.6 Å². The molecule has 1 N–H and O–H groups in total. The predicted octanol–water partition coefficient (Wildman–Crippen LogP) is 3.74. The molecule has 1 atom stereocenters. The molecule has 0 radical (unpaired) electrons. The Morgan fingerprint density at radius 2 is 2.00 bits per heavy atom. The zero-order valence-electron chi connectivity index (χ0n) is 14.2. The van der Waals surface area contributed by atoms with Crippen molar-refractivity contribution in [3.63, 3.8) is 0 Å². The molecule has 134 valence electrons. The van der Waals surface area contributed by atoms with Gasteiger partial charge in [-0.25, -0.2) is 9.37 Å². The number of carbonyl (C=O) groups is 1. The molecule has 0 saturated heterocycles. The number of aryl methyl sites for hydroxylation is 1. The van der Waals surface area contributed by atoms with E-state index in [1.165, 1.54) is 25.3 Å². The van der Waals surface area contributed by atoms with E-state index in [2.05, 4.69) is 10.3 Å². The number of benzene rings is 2. The van der Waals surface area contributed by atoms with E-state index in [0.717, 1.165) is 0 Å². The molecule has 0 aliphatic heterocycles. The van der Waals surface area contributed by atoms with Crippen molar-refractivity contribution in [1.29, 1.82) is 0 Å². The third-order valence-corrected chi connectivity index (χ3v) is 4.24. The highest BCUT2D eigenvalue weighted by atomic mass is 35.5. The molecule has 3 aromatic rings. The van der Waals surface area contributed by atoms with Crippen LogP contribution in [0.5, 0.6) is 5.75 Å². The van der Waals surface area contributed by atoms with Crippen molar-refractivity contribution >= 4 is 17.5 Å². The quantitative estimate of drug-likeness (QED) is 0.741. The SMILES string of the molecule is COc1ccc(Cl)cc1C(=O)NC(c1ccc(F)cc1)c1nccn1C. The minimum atomic E-state index is -0.563. The molecule has 1 heterocycles. The van der Waals surface area contributed by atoms with Crippen molar-refractivity contribution in [2.24, 2.45) is 7.05 Å². The summed E-state index contributed by atoms with van der Waals surface area (Å²) >= 11 is 6.02. The van der Waals surface area contributed by atoms with E-state index in [1.807, 2.05) is 7.05 Å². The predicted molar refractivity (Wildman–Crippen MR) is 96.9 cm³/mol. The average molecular weight is 374 g/mol. The summed E-state index contributed by atoms with van der Waals surface area (Å²) in [6.45, 7) is 0. The molecule has 0 aliphatic rings. The minimum Gasteiger partial charge on any atom is -0.496 e. The molecular weight excluding hydrogens is 357 g/mol. The molecule has 3 rings (SSSR count). The fourth-order valence-electron chi connectivity index (χ4n) is 2.67. The molecule has 1 amide bonds. The lowest BCUT2D eigenvalue weighted by Gasteiger charge is -2.20. The highest BCUT2D eigenvalue weighted by Crippen LogP contribution is 2.26. The number of ether oxygens (including phenoxy) is 1. The maximum Gasteiger partial charge on any atom is 0.255 e. The van der Waals surface area contributed by atoms with Crippen molar-refractivity contribution in [2.75, 3.05) is 7.11 Å². The van der Waals surface area contributed by atoms with Gasteiger partial charge in [0.25, 0.3) is 5.91 Å². The second kappa shape index (κ2) is 7.58. The van der Waals surface area contributed by atoms with Gasteiger partial charge in [0.2, 0.25) is 0 Å². The van der Waals surface area contributed by atoms with Gasteiger partial charge in [-0.2, -0.15) is 0 Å². The Bertz CT molecular complexity index is 925. The number of aromatic nitrogens is 2. The average Bonchev–Trinajstić information content (AvgIpc) is 3.06. The molecule has 1 aromatic heterocycles. The Balaban J connectivity index is 1.98. The number of halogens is 2. The normalized spacial score (nSPS) is 11.8. The number of methoxy groups -OCH3 is 1. The highest BCUT2D eigenvalue weighted by Gasteiger charge is 2.23. The lowest BCUT2D eigenvalue weighted by Crippen LogP contribution is -2.31. The Hall–Kier alpha value is -2.86. The van der Waals surface area contributed by atoms with Crippen LogP contribution in [0.15, 0.2) is 54.9 Å². The van der Waals surface area contributed by atoms with Crippen molar-refractivity contribution in [1.82, 2.24) is 14.9 Å². The Kier molecular flexibility index (Phi) is 5.23. The van der Waals surface area contributed by atoms with E-state index in [0.29, 0.717) is 27.7 Å². The molecule has 5 nitrogen and oxygen atoms in total. The Morgan fingerprint density at radius 1 is 1.27 bits per heavy atom. The minimum absolute atomic E-state index is 0.307. The first-order valence-electron chi connectivity index (χ1n) is 7.86. The third-order valence-electron chi connectivity index (χ3n) is 4.00. The van der Waals surface area contributed by atoms with Crippen LogP contribution >= 0.6 is 11.6 Å². The summed E-state index contributed by atoms with van der Waals surface area (Å²) in [5.74, 6) is 0.299. The number of nitrogens with one attached hydrogen (secondary N) is 1. The van der Waals surface area contributed by atoms with E-state index in [1.54, 1.807) is 41.2 Å². The van der Waals surface area contributed by atoms with Gasteiger partial charge in [-0.15, -0.1) is 0 Å². The van der Waals surface area contributed by atoms with E-state index < -0.39 is 6.04 Å². The second-order valence-electron chi connectivity index (χ2n) is 5.70. The van der Waals surface area contributed by atoms with Crippen LogP contribution in [0.4, 0.5) is 4.39 Å². The van der Waals surface area contributed by atoms with E-state index in [4.69, 9.17) is 16.3 Å². The summed E-state index contributed by atoms with van der Waals surface area (Å²) in [4.78, 5) is 17.2. The maximum atomic E-state index is 13.3. The van der Waals surface area contributed by atoms with Gasteiger partial charge < -0.3 is 14.6 Å². The van der Waals surface area contributed by atoms with E-state index in [9.17, 15) is 9.18 Å². The first-order chi connectivity index (χ1) is 12.5. The first kappa shape index (κ1) is 17.9. The summed E-state index contributed by atoms with van der Waals surface area (Å²) in [5.41, 5.74) is 1.01. The molecule has 0 spiro atoms. The number of hydrogen-bond donors (Lipinski definition) is 1. The van der Waals surface area contributed by atoms with Crippen LogP contribution in [-0.2, 0) is 7.05 Å². The van der Waals surface area contributed by atoms with Crippen LogP contribution in [0, 0.1) is 5.82 Å². The molecule has 0 bridgehead atoms. The topological polar surface area (TPSA) is 56.1 Å². The standard InChI is InChI=1S/C19H17ClFN3O2/c1-24-10-9-22-18(24)17(12-3-6-14(21)7-4-12)23-19(25)15-11-13(20)5-8-16(15)26-2/h3-11,17H,1-2H3,(H,23,25). The van der Waals surface area contributed by atoms with Gasteiger partial charge in [-0.3, -0.25) is 4.79 Å². The molecule has 7 heteroatoms. The number of nitrogens with zero attached hydrogens (tertiary/aromatic N) is 2.